The molecular weight excluding hydrogens is 324 g/mol. The third kappa shape index (κ3) is 5.06. The monoisotopic (exact) mass is 348 g/mol. The second-order valence-electron chi connectivity index (χ2n) is 5.92. The predicted octanol–water partition coefficient (Wildman–Crippen LogP) is 2.15. The number of rotatable bonds is 8. The molecule has 1 atom stereocenters. The lowest BCUT2D eigenvalue weighted by molar-refractivity contribution is 0.356. The Hall–Kier alpha value is -1.89. The molecule has 130 valence electrons. The number of methoxy groups -OCH3 is 1. The van der Waals surface area contributed by atoms with Gasteiger partial charge in [0.2, 0.25) is 10.0 Å². The highest BCUT2D eigenvalue weighted by Gasteiger charge is 2.23. The van der Waals surface area contributed by atoms with E-state index >= 15 is 0 Å². The van der Waals surface area contributed by atoms with Gasteiger partial charge in [-0.15, -0.1) is 0 Å². The van der Waals surface area contributed by atoms with Crippen LogP contribution in [0.4, 0.5) is 0 Å². The molecule has 0 aliphatic heterocycles. The maximum Gasteiger partial charge on any atom is 0.244 e. The fraction of sp³-hybridized carbons (Fsp3) is 0.333. The molecule has 0 heterocycles. The van der Waals surface area contributed by atoms with Crippen molar-refractivity contribution in [2.75, 3.05) is 27.7 Å². The summed E-state index contributed by atoms with van der Waals surface area (Å²) in [6, 6.07) is 16.3. The molecule has 0 amide bonds. The Morgan fingerprint density at radius 2 is 1.67 bits per heavy atom. The smallest absolute Gasteiger partial charge is 0.244 e. The molecule has 5 nitrogen and oxygen atoms in total. The molecular formula is C18H24N2O3S. The van der Waals surface area contributed by atoms with Crippen LogP contribution < -0.4 is 9.46 Å². The summed E-state index contributed by atoms with van der Waals surface area (Å²) in [5.41, 5.74) is 1.09. The molecule has 6 heteroatoms. The zero-order chi connectivity index (χ0) is 17.6. The molecule has 1 N–H and O–H groups in total. The standard InChI is InChI=1S/C18H24N2O3S/c1-20(2)14-16(13-15-9-5-4-6-10-15)19-24(21,22)18-12-8-7-11-17(18)23-3/h4-12,16,19H,13-14H2,1-3H3/t16-/m0/s1. The first kappa shape index (κ1) is 18.4. The fourth-order valence-electron chi connectivity index (χ4n) is 2.61. The van der Waals surface area contributed by atoms with Gasteiger partial charge >= 0.3 is 0 Å². The molecule has 0 aliphatic carbocycles. The van der Waals surface area contributed by atoms with Crippen molar-refractivity contribution < 1.29 is 13.2 Å². The number of benzene rings is 2. The van der Waals surface area contributed by atoms with Crippen LogP contribution in [-0.2, 0) is 16.4 Å². The molecule has 0 aliphatic rings. The average molecular weight is 348 g/mol. The van der Waals surface area contributed by atoms with Crippen molar-refractivity contribution in [2.45, 2.75) is 17.4 Å². The lowest BCUT2D eigenvalue weighted by Gasteiger charge is -2.23. The fourth-order valence-corrected chi connectivity index (χ4v) is 4.00. The summed E-state index contributed by atoms with van der Waals surface area (Å²) in [4.78, 5) is 2.13. The number of sulfonamides is 1. The lowest BCUT2D eigenvalue weighted by atomic mass is 10.1. The molecule has 2 aromatic carbocycles. The van der Waals surface area contributed by atoms with Gasteiger partial charge in [-0.25, -0.2) is 13.1 Å². The zero-order valence-corrected chi connectivity index (χ0v) is 15.1. The maximum atomic E-state index is 12.8. The van der Waals surface area contributed by atoms with Gasteiger partial charge < -0.3 is 9.64 Å². The van der Waals surface area contributed by atoms with E-state index in [1.54, 1.807) is 24.3 Å². The van der Waals surface area contributed by atoms with E-state index < -0.39 is 10.0 Å². The number of nitrogens with zero attached hydrogens (tertiary/aromatic N) is 1. The van der Waals surface area contributed by atoms with Crippen LogP contribution in [0.1, 0.15) is 5.56 Å². The minimum atomic E-state index is -3.67. The van der Waals surface area contributed by atoms with Crippen LogP contribution in [0.3, 0.4) is 0 Å². The lowest BCUT2D eigenvalue weighted by Crippen LogP contribution is -2.43. The normalized spacial score (nSPS) is 13.0. The van der Waals surface area contributed by atoms with Crippen molar-refractivity contribution in [2.24, 2.45) is 0 Å². The van der Waals surface area contributed by atoms with Crippen LogP contribution in [0.2, 0.25) is 0 Å². The van der Waals surface area contributed by atoms with Crippen molar-refractivity contribution >= 4 is 10.0 Å². The SMILES string of the molecule is COc1ccccc1S(=O)(=O)N[C@@H](Cc1ccccc1)CN(C)C. The van der Waals surface area contributed by atoms with Crippen molar-refractivity contribution in [3.05, 3.63) is 60.2 Å². The van der Waals surface area contributed by atoms with Crippen LogP contribution in [0, 0.1) is 0 Å². The summed E-state index contributed by atoms with van der Waals surface area (Å²) in [5, 5.41) is 0. The minimum Gasteiger partial charge on any atom is -0.495 e. The van der Waals surface area contributed by atoms with Gasteiger partial charge in [0.05, 0.1) is 7.11 Å². The highest BCUT2D eigenvalue weighted by atomic mass is 32.2. The summed E-state index contributed by atoms with van der Waals surface area (Å²) in [6.45, 7) is 0.600. The summed E-state index contributed by atoms with van der Waals surface area (Å²) >= 11 is 0. The van der Waals surface area contributed by atoms with E-state index in [9.17, 15) is 8.42 Å². The number of hydrogen-bond donors (Lipinski definition) is 1. The first-order valence-electron chi connectivity index (χ1n) is 7.76. The zero-order valence-electron chi connectivity index (χ0n) is 14.3. The van der Waals surface area contributed by atoms with Crippen molar-refractivity contribution in [3.8, 4) is 5.75 Å². The van der Waals surface area contributed by atoms with E-state index in [-0.39, 0.29) is 10.9 Å². The van der Waals surface area contributed by atoms with E-state index in [1.807, 2.05) is 49.3 Å². The molecule has 0 aromatic heterocycles. The van der Waals surface area contributed by atoms with E-state index in [0.29, 0.717) is 18.7 Å². The number of nitrogens with one attached hydrogen (secondary N) is 1. The van der Waals surface area contributed by atoms with Crippen molar-refractivity contribution in [1.29, 1.82) is 0 Å². The van der Waals surface area contributed by atoms with E-state index in [0.717, 1.165) is 5.56 Å². The minimum absolute atomic E-state index is 0.157. The second kappa shape index (κ2) is 8.28. The van der Waals surface area contributed by atoms with Crippen molar-refractivity contribution in [3.63, 3.8) is 0 Å². The Labute approximate surface area is 144 Å². The van der Waals surface area contributed by atoms with Crippen LogP contribution in [0.5, 0.6) is 5.75 Å². The number of para-hydroxylation sites is 1. The summed E-state index contributed by atoms with van der Waals surface area (Å²) < 4.78 is 33.6. The van der Waals surface area contributed by atoms with Gasteiger partial charge in [0, 0.05) is 12.6 Å². The van der Waals surface area contributed by atoms with Crippen LogP contribution in [0.25, 0.3) is 0 Å². The molecule has 2 aromatic rings. The van der Waals surface area contributed by atoms with Gasteiger partial charge in [0.1, 0.15) is 10.6 Å². The Morgan fingerprint density at radius 3 is 2.29 bits per heavy atom. The largest absolute Gasteiger partial charge is 0.495 e. The second-order valence-corrected chi connectivity index (χ2v) is 7.60. The number of likely N-dealkylation sites (N-methyl/N-ethyl adjacent to an activating group) is 1. The molecule has 0 radical (unpaired) electrons. The molecule has 0 saturated carbocycles. The molecule has 0 saturated heterocycles. The third-order valence-corrected chi connectivity index (χ3v) is 5.15. The van der Waals surface area contributed by atoms with Gasteiger partial charge in [0.15, 0.2) is 0 Å². The van der Waals surface area contributed by atoms with Crippen molar-refractivity contribution in [1.82, 2.24) is 9.62 Å². The van der Waals surface area contributed by atoms with E-state index in [1.165, 1.54) is 7.11 Å². The Bertz CT molecular complexity index is 746. The van der Waals surface area contributed by atoms with Crippen LogP contribution >= 0.6 is 0 Å². The first-order valence-corrected chi connectivity index (χ1v) is 9.24. The molecule has 0 fully saturated rings. The Kier molecular flexibility index (Phi) is 6.36. The topological polar surface area (TPSA) is 58.6 Å². The highest BCUT2D eigenvalue weighted by molar-refractivity contribution is 7.89. The summed E-state index contributed by atoms with van der Waals surface area (Å²) in [7, 11) is 1.65. The average Bonchev–Trinajstić information content (AvgIpc) is 2.54. The van der Waals surface area contributed by atoms with Crippen LogP contribution in [0.15, 0.2) is 59.5 Å². The number of ether oxygens (including phenoxy) is 1. The quantitative estimate of drug-likeness (QED) is 0.794. The molecule has 2 rings (SSSR count). The van der Waals surface area contributed by atoms with Gasteiger partial charge in [-0.05, 0) is 38.2 Å². The van der Waals surface area contributed by atoms with E-state index in [4.69, 9.17) is 4.74 Å². The Balaban J connectivity index is 2.24. The predicted molar refractivity (Wildman–Crippen MR) is 95.8 cm³/mol. The third-order valence-electron chi connectivity index (χ3n) is 3.59. The maximum absolute atomic E-state index is 12.8. The Morgan fingerprint density at radius 1 is 1.04 bits per heavy atom. The number of hydrogen-bond acceptors (Lipinski definition) is 4. The van der Waals surface area contributed by atoms with Gasteiger partial charge in [-0.2, -0.15) is 0 Å². The van der Waals surface area contributed by atoms with Gasteiger partial charge in [-0.1, -0.05) is 42.5 Å². The highest BCUT2D eigenvalue weighted by Crippen LogP contribution is 2.23. The van der Waals surface area contributed by atoms with Crippen LogP contribution in [-0.4, -0.2) is 47.1 Å². The molecule has 0 unspecified atom stereocenters. The molecule has 0 spiro atoms. The van der Waals surface area contributed by atoms with Gasteiger partial charge in [0.25, 0.3) is 0 Å². The summed E-state index contributed by atoms with van der Waals surface area (Å²) in [6.07, 6.45) is 0.618. The van der Waals surface area contributed by atoms with Gasteiger partial charge in [-0.3, -0.25) is 0 Å². The molecule has 0 bridgehead atoms. The summed E-state index contributed by atoms with van der Waals surface area (Å²) in [5.74, 6) is 0.341. The molecule has 24 heavy (non-hydrogen) atoms. The first-order chi connectivity index (χ1) is 11.4. The van der Waals surface area contributed by atoms with E-state index in [2.05, 4.69) is 4.72 Å².